The Kier molecular flexibility index (Phi) is 4.91. The highest BCUT2D eigenvalue weighted by Gasteiger charge is 2.27. The Bertz CT molecular complexity index is 730. The highest BCUT2D eigenvalue weighted by molar-refractivity contribution is 5.89. The summed E-state index contributed by atoms with van der Waals surface area (Å²) in [5.74, 6) is -0.990. The summed E-state index contributed by atoms with van der Waals surface area (Å²) in [5.41, 5.74) is 8.37. The van der Waals surface area contributed by atoms with E-state index in [1.165, 1.54) is 11.1 Å². The second kappa shape index (κ2) is 7.27. The van der Waals surface area contributed by atoms with E-state index >= 15 is 0 Å². The Balaban J connectivity index is 1.62. The van der Waals surface area contributed by atoms with Gasteiger partial charge >= 0.3 is 5.97 Å². The third kappa shape index (κ3) is 3.63. The first-order valence-electron chi connectivity index (χ1n) is 8.00. The number of nitrogens with two attached hydrogens (primary N) is 1. The molecule has 3 N–H and O–H groups in total. The molecule has 0 fully saturated rings. The van der Waals surface area contributed by atoms with Crippen LogP contribution in [0.3, 0.4) is 0 Å². The van der Waals surface area contributed by atoms with Gasteiger partial charge in [-0.2, -0.15) is 0 Å². The molecule has 1 aliphatic carbocycles. The molecule has 0 aliphatic heterocycles. The van der Waals surface area contributed by atoms with Crippen LogP contribution in [0.25, 0.3) is 0 Å². The molecule has 5 nitrogen and oxygen atoms in total. The highest BCUT2D eigenvalue weighted by atomic mass is 16.5. The molecule has 124 valence electrons. The van der Waals surface area contributed by atoms with Gasteiger partial charge in [0.15, 0.2) is 0 Å². The standard InChI is InChI=1S/C19H20N2O3/c20-18(22)17(12-24-19(23)14-7-2-1-3-8-14)21-16-11-10-13-6-4-5-9-15(13)16/h1-9,16-17,21H,10-12H2,(H2,20,22). The van der Waals surface area contributed by atoms with Crippen LogP contribution in [0, 0.1) is 0 Å². The van der Waals surface area contributed by atoms with Gasteiger partial charge in [-0.1, -0.05) is 42.5 Å². The van der Waals surface area contributed by atoms with Crippen molar-refractivity contribution in [3.05, 3.63) is 71.3 Å². The summed E-state index contributed by atoms with van der Waals surface area (Å²) in [6, 6.07) is 16.1. The lowest BCUT2D eigenvalue weighted by molar-refractivity contribution is -0.121. The van der Waals surface area contributed by atoms with Crippen LogP contribution in [0.4, 0.5) is 0 Å². The molecule has 0 saturated heterocycles. The van der Waals surface area contributed by atoms with E-state index in [9.17, 15) is 9.59 Å². The lowest BCUT2D eigenvalue weighted by Crippen LogP contribution is -2.46. The van der Waals surface area contributed by atoms with Crippen LogP contribution in [0.15, 0.2) is 54.6 Å². The van der Waals surface area contributed by atoms with Crippen molar-refractivity contribution in [3.63, 3.8) is 0 Å². The van der Waals surface area contributed by atoms with Gasteiger partial charge in [-0.05, 0) is 36.1 Å². The first kappa shape index (κ1) is 16.2. The average Bonchev–Trinajstić information content (AvgIpc) is 3.02. The Morgan fingerprint density at radius 3 is 2.58 bits per heavy atom. The van der Waals surface area contributed by atoms with Crippen LogP contribution in [0.1, 0.15) is 33.9 Å². The number of nitrogens with one attached hydrogen (secondary N) is 1. The summed E-state index contributed by atoms with van der Waals surface area (Å²) in [6.07, 6.45) is 1.86. The molecule has 0 saturated carbocycles. The molecule has 0 bridgehead atoms. The normalized spacial score (nSPS) is 17.1. The van der Waals surface area contributed by atoms with E-state index in [4.69, 9.17) is 10.5 Å². The van der Waals surface area contributed by atoms with Gasteiger partial charge < -0.3 is 10.5 Å². The molecule has 1 amide bonds. The molecule has 0 spiro atoms. The highest BCUT2D eigenvalue weighted by Crippen LogP contribution is 2.31. The molecule has 2 atom stereocenters. The number of primary amides is 1. The molecule has 2 unspecified atom stereocenters. The lowest BCUT2D eigenvalue weighted by Gasteiger charge is -2.21. The molecule has 0 radical (unpaired) electrons. The Morgan fingerprint density at radius 1 is 1.12 bits per heavy atom. The molecule has 5 heteroatoms. The molecule has 3 rings (SSSR count). The summed E-state index contributed by atoms with van der Waals surface area (Å²) in [6.45, 7) is -0.0816. The van der Waals surface area contributed by atoms with E-state index < -0.39 is 17.9 Å². The zero-order valence-corrected chi connectivity index (χ0v) is 13.3. The summed E-state index contributed by atoms with van der Waals surface area (Å²) < 4.78 is 5.25. The fourth-order valence-electron chi connectivity index (χ4n) is 3.00. The van der Waals surface area contributed by atoms with E-state index in [0.29, 0.717) is 5.56 Å². The number of amides is 1. The first-order valence-corrected chi connectivity index (χ1v) is 8.00. The van der Waals surface area contributed by atoms with Crippen LogP contribution in [-0.4, -0.2) is 24.5 Å². The first-order chi connectivity index (χ1) is 11.6. The quantitative estimate of drug-likeness (QED) is 0.796. The minimum atomic E-state index is -0.714. The molecule has 2 aromatic rings. The smallest absolute Gasteiger partial charge is 0.338 e. The molecule has 24 heavy (non-hydrogen) atoms. The number of hydrogen-bond acceptors (Lipinski definition) is 4. The number of hydrogen-bond donors (Lipinski definition) is 2. The predicted molar refractivity (Wildman–Crippen MR) is 90.3 cm³/mol. The van der Waals surface area contributed by atoms with E-state index in [1.54, 1.807) is 24.3 Å². The van der Waals surface area contributed by atoms with Crippen molar-refractivity contribution in [1.29, 1.82) is 0 Å². The fourth-order valence-corrected chi connectivity index (χ4v) is 3.00. The zero-order valence-electron chi connectivity index (χ0n) is 13.3. The average molecular weight is 324 g/mol. The van der Waals surface area contributed by atoms with Crippen molar-refractivity contribution in [2.24, 2.45) is 5.73 Å². The van der Waals surface area contributed by atoms with Crippen LogP contribution in [0.5, 0.6) is 0 Å². The molecule has 0 heterocycles. The molecule has 1 aliphatic rings. The van der Waals surface area contributed by atoms with Crippen molar-refractivity contribution in [3.8, 4) is 0 Å². The monoisotopic (exact) mass is 324 g/mol. The van der Waals surface area contributed by atoms with Crippen LogP contribution in [0.2, 0.25) is 0 Å². The molecular weight excluding hydrogens is 304 g/mol. The van der Waals surface area contributed by atoms with E-state index in [0.717, 1.165) is 12.8 Å². The topological polar surface area (TPSA) is 81.4 Å². The van der Waals surface area contributed by atoms with Gasteiger partial charge in [-0.25, -0.2) is 4.79 Å². The summed E-state index contributed by atoms with van der Waals surface area (Å²) in [7, 11) is 0. The lowest BCUT2D eigenvalue weighted by atomic mass is 10.1. The van der Waals surface area contributed by atoms with Crippen molar-refractivity contribution < 1.29 is 14.3 Å². The summed E-state index contributed by atoms with van der Waals surface area (Å²) in [5, 5.41) is 3.23. The number of rotatable bonds is 6. The maximum Gasteiger partial charge on any atom is 0.338 e. The second-order valence-electron chi connectivity index (χ2n) is 5.88. The van der Waals surface area contributed by atoms with Crippen LogP contribution >= 0.6 is 0 Å². The van der Waals surface area contributed by atoms with E-state index in [-0.39, 0.29) is 12.6 Å². The maximum atomic E-state index is 12.0. The van der Waals surface area contributed by atoms with Crippen molar-refractivity contribution in [1.82, 2.24) is 5.32 Å². The minimum Gasteiger partial charge on any atom is -0.460 e. The number of esters is 1. The van der Waals surface area contributed by atoms with Gasteiger partial charge in [0.05, 0.1) is 5.56 Å². The van der Waals surface area contributed by atoms with Gasteiger partial charge in [0, 0.05) is 6.04 Å². The van der Waals surface area contributed by atoms with Crippen molar-refractivity contribution in [2.45, 2.75) is 24.9 Å². The molecule has 0 aromatic heterocycles. The van der Waals surface area contributed by atoms with E-state index in [2.05, 4.69) is 11.4 Å². The number of benzene rings is 2. The predicted octanol–water partition coefficient (Wildman–Crippen LogP) is 1.97. The van der Waals surface area contributed by atoms with Crippen LogP contribution in [-0.2, 0) is 16.0 Å². The number of fused-ring (bicyclic) bond motifs is 1. The minimum absolute atomic E-state index is 0.0501. The number of ether oxygens (including phenoxy) is 1. The maximum absolute atomic E-state index is 12.0. The largest absolute Gasteiger partial charge is 0.460 e. The Labute approximate surface area is 140 Å². The van der Waals surface area contributed by atoms with Gasteiger partial charge in [-0.3, -0.25) is 10.1 Å². The third-order valence-corrected chi connectivity index (χ3v) is 4.27. The van der Waals surface area contributed by atoms with Crippen molar-refractivity contribution in [2.75, 3.05) is 6.61 Å². The van der Waals surface area contributed by atoms with Crippen molar-refractivity contribution >= 4 is 11.9 Å². The fraction of sp³-hybridized carbons (Fsp3) is 0.263. The molecular formula is C19H20N2O3. The number of aryl methyl sites for hydroxylation is 1. The van der Waals surface area contributed by atoms with Gasteiger partial charge in [0.25, 0.3) is 0 Å². The Hall–Kier alpha value is -2.66. The van der Waals surface area contributed by atoms with Gasteiger partial charge in [0.1, 0.15) is 12.6 Å². The Morgan fingerprint density at radius 2 is 1.83 bits per heavy atom. The summed E-state index contributed by atoms with van der Waals surface area (Å²) in [4.78, 5) is 23.7. The van der Waals surface area contributed by atoms with Crippen LogP contribution < -0.4 is 11.1 Å². The number of carbonyl (C=O) groups excluding carboxylic acids is 2. The van der Waals surface area contributed by atoms with Gasteiger partial charge in [0.2, 0.25) is 5.91 Å². The van der Waals surface area contributed by atoms with Gasteiger partial charge in [-0.15, -0.1) is 0 Å². The zero-order chi connectivity index (χ0) is 16.9. The molecule has 2 aromatic carbocycles. The SMILES string of the molecule is NC(=O)C(COC(=O)c1ccccc1)NC1CCc2ccccc21. The van der Waals surface area contributed by atoms with E-state index in [1.807, 2.05) is 24.3 Å². The second-order valence-corrected chi connectivity index (χ2v) is 5.88. The number of carbonyl (C=O) groups is 2. The third-order valence-electron chi connectivity index (χ3n) is 4.27. The summed E-state index contributed by atoms with van der Waals surface area (Å²) >= 11 is 0.